The second-order valence-electron chi connectivity index (χ2n) is 4.39. The predicted molar refractivity (Wildman–Crippen MR) is 66.9 cm³/mol. The van der Waals surface area contributed by atoms with Gasteiger partial charge in [-0.25, -0.2) is 4.39 Å². The summed E-state index contributed by atoms with van der Waals surface area (Å²) in [5, 5.41) is 12.1. The van der Waals surface area contributed by atoms with Crippen molar-refractivity contribution >= 4 is 5.91 Å². The lowest BCUT2D eigenvalue weighted by Crippen LogP contribution is -2.25. The van der Waals surface area contributed by atoms with E-state index in [1.54, 1.807) is 0 Å². The molecule has 1 aliphatic rings. The number of rotatable bonds is 4. The van der Waals surface area contributed by atoms with Gasteiger partial charge in [0.15, 0.2) is 0 Å². The molecule has 0 aromatic heterocycles. The molecular weight excluding hydrogens is 233 g/mol. The number of halogens is 1. The average molecular weight is 249 g/mol. The quantitative estimate of drug-likeness (QED) is 0.806. The summed E-state index contributed by atoms with van der Waals surface area (Å²) in [5.41, 5.74) is 1.06. The van der Waals surface area contributed by atoms with Crippen molar-refractivity contribution in [2.75, 3.05) is 6.54 Å². The maximum atomic E-state index is 13.4. The number of carbonyl (C=O) groups excluding carboxylic acids is 1. The van der Waals surface area contributed by atoms with Gasteiger partial charge in [0.2, 0.25) is 0 Å². The maximum Gasteiger partial charge on any atom is 0.258 e. The number of allylic oxidation sites excluding steroid dienone is 1. The summed E-state index contributed by atoms with van der Waals surface area (Å²) in [6.45, 7) is 0.471. The van der Waals surface area contributed by atoms with Gasteiger partial charge in [-0.3, -0.25) is 4.79 Å². The Morgan fingerprint density at radius 1 is 1.44 bits per heavy atom. The van der Waals surface area contributed by atoms with Gasteiger partial charge in [-0.1, -0.05) is 17.7 Å². The Morgan fingerprint density at radius 3 is 2.94 bits per heavy atom. The Balaban J connectivity index is 1.91. The third kappa shape index (κ3) is 2.88. The fraction of sp³-hybridized carbons (Fsp3) is 0.357. The van der Waals surface area contributed by atoms with Gasteiger partial charge in [-0.2, -0.15) is 0 Å². The summed E-state index contributed by atoms with van der Waals surface area (Å²) >= 11 is 0. The summed E-state index contributed by atoms with van der Waals surface area (Å²) in [4.78, 5) is 11.7. The highest BCUT2D eigenvalue weighted by molar-refractivity contribution is 5.97. The van der Waals surface area contributed by atoms with E-state index in [2.05, 4.69) is 11.4 Å². The molecule has 4 heteroatoms. The molecule has 0 atom stereocenters. The van der Waals surface area contributed by atoms with Crippen LogP contribution in [0.3, 0.4) is 0 Å². The summed E-state index contributed by atoms with van der Waals surface area (Å²) < 4.78 is 13.4. The van der Waals surface area contributed by atoms with Crippen LogP contribution in [0.25, 0.3) is 0 Å². The van der Waals surface area contributed by atoms with Gasteiger partial charge >= 0.3 is 0 Å². The first kappa shape index (κ1) is 12.6. The van der Waals surface area contributed by atoms with E-state index in [1.165, 1.54) is 24.1 Å². The van der Waals surface area contributed by atoms with Gasteiger partial charge in [0.25, 0.3) is 5.91 Å². The molecule has 1 aliphatic carbocycles. The molecule has 1 aromatic rings. The van der Waals surface area contributed by atoms with E-state index in [0.717, 1.165) is 25.3 Å². The molecule has 1 amide bonds. The van der Waals surface area contributed by atoms with E-state index >= 15 is 0 Å². The van der Waals surface area contributed by atoms with Crippen molar-refractivity contribution in [1.82, 2.24) is 5.32 Å². The lowest BCUT2D eigenvalue weighted by molar-refractivity contribution is 0.0947. The van der Waals surface area contributed by atoms with Crippen molar-refractivity contribution < 1.29 is 14.3 Å². The maximum absolute atomic E-state index is 13.4. The highest BCUT2D eigenvalue weighted by Gasteiger charge is 2.16. The third-order valence-electron chi connectivity index (χ3n) is 3.09. The zero-order chi connectivity index (χ0) is 13.0. The molecule has 0 bridgehead atoms. The zero-order valence-corrected chi connectivity index (χ0v) is 10.1. The topological polar surface area (TPSA) is 49.3 Å². The van der Waals surface area contributed by atoms with Crippen molar-refractivity contribution in [1.29, 1.82) is 0 Å². The van der Waals surface area contributed by atoms with Crippen LogP contribution in [0.4, 0.5) is 4.39 Å². The van der Waals surface area contributed by atoms with Crippen LogP contribution in [0.1, 0.15) is 36.0 Å². The molecule has 0 saturated carbocycles. The van der Waals surface area contributed by atoms with Crippen LogP contribution >= 0.6 is 0 Å². The highest BCUT2D eigenvalue weighted by atomic mass is 19.1. The van der Waals surface area contributed by atoms with E-state index in [4.69, 9.17) is 0 Å². The minimum atomic E-state index is -0.701. The monoisotopic (exact) mass is 249 g/mol. The number of hydrogen-bond acceptors (Lipinski definition) is 2. The van der Waals surface area contributed by atoms with E-state index < -0.39 is 11.7 Å². The molecular formula is C14H16FNO2. The van der Waals surface area contributed by atoms with Crippen molar-refractivity contribution in [3.8, 4) is 5.75 Å². The van der Waals surface area contributed by atoms with Crippen molar-refractivity contribution in [3.63, 3.8) is 0 Å². The Hall–Kier alpha value is -1.84. The first-order chi connectivity index (χ1) is 8.68. The summed E-state index contributed by atoms with van der Waals surface area (Å²) in [5.74, 6) is -1.59. The Labute approximate surface area is 105 Å². The van der Waals surface area contributed by atoms with Crippen molar-refractivity contribution in [2.45, 2.75) is 25.7 Å². The molecule has 2 rings (SSSR count). The minimum Gasteiger partial charge on any atom is -0.507 e. The smallest absolute Gasteiger partial charge is 0.258 e. The molecule has 96 valence electrons. The van der Waals surface area contributed by atoms with E-state index in [9.17, 15) is 14.3 Å². The molecule has 0 spiro atoms. The van der Waals surface area contributed by atoms with Gasteiger partial charge in [0, 0.05) is 6.54 Å². The van der Waals surface area contributed by atoms with Crippen LogP contribution < -0.4 is 5.32 Å². The Kier molecular flexibility index (Phi) is 3.97. The third-order valence-corrected chi connectivity index (χ3v) is 3.09. The Bertz CT molecular complexity index is 462. The molecule has 18 heavy (non-hydrogen) atoms. The first-order valence-corrected chi connectivity index (χ1v) is 6.12. The van der Waals surface area contributed by atoms with Gasteiger partial charge in [-0.15, -0.1) is 0 Å². The van der Waals surface area contributed by atoms with E-state index in [0.29, 0.717) is 6.54 Å². The fourth-order valence-corrected chi connectivity index (χ4v) is 2.13. The number of nitrogens with one attached hydrogen (secondary N) is 1. The summed E-state index contributed by atoms with van der Waals surface area (Å²) in [6.07, 6.45) is 6.35. The van der Waals surface area contributed by atoms with Crippen molar-refractivity contribution in [2.24, 2.45) is 0 Å². The molecule has 0 fully saturated rings. The zero-order valence-electron chi connectivity index (χ0n) is 10.1. The fourth-order valence-electron chi connectivity index (χ4n) is 2.13. The number of aromatic hydroxyl groups is 1. The SMILES string of the molecule is O=C(NCCC1=CCCC1)c1c(O)cccc1F. The average Bonchev–Trinajstić information content (AvgIpc) is 2.82. The normalized spacial score (nSPS) is 14.4. The van der Waals surface area contributed by atoms with Gasteiger partial charge in [0.1, 0.15) is 17.1 Å². The van der Waals surface area contributed by atoms with Gasteiger partial charge < -0.3 is 10.4 Å². The lowest BCUT2D eigenvalue weighted by Gasteiger charge is -2.08. The summed E-state index contributed by atoms with van der Waals surface area (Å²) in [6, 6.07) is 3.83. The lowest BCUT2D eigenvalue weighted by atomic mass is 10.1. The molecule has 0 aliphatic heterocycles. The van der Waals surface area contributed by atoms with Crippen LogP contribution in [0.2, 0.25) is 0 Å². The molecule has 0 radical (unpaired) electrons. The second kappa shape index (κ2) is 5.67. The molecule has 0 unspecified atom stereocenters. The van der Waals surface area contributed by atoms with Crippen LogP contribution in [0.5, 0.6) is 5.75 Å². The van der Waals surface area contributed by atoms with Crippen molar-refractivity contribution in [3.05, 3.63) is 41.2 Å². The number of phenolic OH excluding ortho intramolecular Hbond substituents is 1. The van der Waals surface area contributed by atoms with Crippen LogP contribution in [-0.2, 0) is 0 Å². The standard InChI is InChI=1S/C14H16FNO2/c15-11-6-3-7-12(17)13(11)14(18)16-9-8-10-4-1-2-5-10/h3-4,6-7,17H,1-2,5,8-9H2,(H,16,18). The Morgan fingerprint density at radius 2 is 2.28 bits per heavy atom. The largest absolute Gasteiger partial charge is 0.507 e. The number of hydrogen-bond donors (Lipinski definition) is 2. The number of amides is 1. The van der Waals surface area contributed by atoms with E-state index in [1.807, 2.05) is 0 Å². The number of carbonyl (C=O) groups is 1. The number of phenols is 1. The van der Waals surface area contributed by atoms with Crippen LogP contribution in [0.15, 0.2) is 29.8 Å². The predicted octanol–water partition coefficient (Wildman–Crippen LogP) is 2.76. The van der Waals surface area contributed by atoms with Gasteiger partial charge in [-0.05, 0) is 37.8 Å². The molecule has 1 aromatic carbocycles. The molecule has 3 nitrogen and oxygen atoms in total. The first-order valence-electron chi connectivity index (χ1n) is 6.12. The number of benzene rings is 1. The summed E-state index contributed by atoms with van der Waals surface area (Å²) in [7, 11) is 0. The minimum absolute atomic E-state index is 0.280. The van der Waals surface area contributed by atoms with Gasteiger partial charge in [0.05, 0.1) is 0 Å². The molecule has 0 saturated heterocycles. The highest BCUT2D eigenvalue weighted by Crippen LogP contribution is 2.21. The second-order valence-corrected chi connectivity index (χ2v) is 4.39. The molecule has 2 N–H and O–H groups in total. The van der Waals surface area contributed by atoms with E-state index in [-0.39, 0.29) is 11.3 Å². The van der Waals surface area contributed by atoms with Crippen LogP contribution in [0, 0.1) is 5.82 Å². The van der Waals surface area contributed by atoms with Crippen LogP contribution in [-0.4, -0.2) is 17.6 Å². The molecule has 0 heterocycles.